The molecule has 2 fully saturated rings. The summed E-state index contributed by atoms with van der Waals surface area (Å²) in [5.74, 6) is -0.357. The molecular weight excluding hydrogens is 472 g/mol. The molecule has 0 radical (unpaired) electrons. The third kappa shape index (κ3) is 4.02. The number of rotatable bonds is 4. The zero-order valence-electron chi connectivity index (χ0n) is 19.0. The molecule has 7 nitrogen and oxygen atoms in total. The highest BCUT2D eigenvalue weighted by molar-refractivity contribution is 7.89. The van der Waals surface area contributed by atoms with Crippen molar-refractivity contribution < 1.29 is 21.6 Å². The van der Waals surface area contributed by atoms with E-state index in [0.717, 1.165) is 69.8 Å². The summed E-state index contributed by atoms with van der Waals surface area (Å²) in [6.45, 7) is 0. The van der Waals surface area contributed by atoms with E-state index < -0.39 is 20.0 Å². The largest absolute Gasteiger partial charge is 0.289 e. The molecule has 0 unspecified atom stereocenters. The third-order valence-electron chi connectivity index (χ3n) is 7.77. The lowest BCUT2D eigenvalue weighted by Crippen LogP contribution is -2.23. The number of benzene rings is 2. The average molecular weight is 503 g/mol. The minimum Gasteiger partial charge on any atom is -0.289 e. The summed E-state index contributed by atoms with van der Waals surface area (Å²) in [5, 5.41) is 11.2. The van der Waals surface area contributed by atoms with Gasteiger partial charge in [-0.15, -0.1) is 0 Å². The number of ketones is 1. The summed E-state index contributed by atoms with van der Waals surface area (Å²) in [6.07, 6.45) is 9.56. The van der Waals surface area contributed by atoms with Gasteiger partial charge in [0.05, 0.1) is 9.79 Å². The molecule has 9 heteroatoms. The van der Waals surface area contributed by atoms with E-state index in [9.17, 15) is 21.6 Å². The molecule has 2 aromatic carbocycles. The van der Waals surface area contributed by atoms with Crippen molar-refractivity contribution in [3.05, 3.63) is 46.5 Å². The molecule has 3 aliphatic rings. The summed E-state index contributed by atoms with van der Waals surface area (Å²) in [7, 11) is -8.09. The Labute approximate surface area is 201 Å². The van der Waals surface area contributed by atoms with Crippen LogP contribution in [-0.4, -0.2) is 22.6 Å². The molecular formula is C25H30N2O5S2. The Kier molecular flexibility index (Phi) is 5.95. The highest BCUT2D eigenvalue weighted by atomic mass is 32.2. The lowest BCUT2D eigenvalue weighted by molar-refractivity contribution is 0.104. The fourth-order valence-electron chi connectivity index (χ4n) is 6.24. The zero-order valence-corrected chi connectivity index (χ0v) is 20.7. The van der Waals surface area contributed by atoms with Crippen LogP contribution in [0.1, 0.15) is 103 Å². The highest BCUT2D eigenvalue weighted by Gasteiger charge is 2.39. The molecule has 34 heavy (non-hydrogen) atoms. The van der Waals surface area contributed by atoms with Crippen LogP contribution in [0.5, 0.6) is 0 Å². The van der Waals surface area contributed by atoms with E-state index in [4.69, 9.17) is 10.3 Å². The van der Waals surface area contributed by atoms with Crippen molar-refractivity contribution >= 4 is 25.8 Å². The Hall–Kier alpha value is -2.07. The van der Waals surface area contributed by atoms with Gasteiger partial charge in [0.1, 0.15) is 0 Å². The molecule has 2 aromatic rings. The van der Waals surface area contributed by atoms with Crippen LogP contribution in [0.4, 0.5) is 0 Å². The van der Waals surface area contributed by atoms with E-state index in [1.165, 1.54) is 12.1 Å². The molecule has 5 rings (SSSR count). The molecule has 0 aromatic heterocycles. The van der Waals surface area contributed by atoms with Crippen LogP contribution in [0.25, 0.3) is 11.1 Å². The summed E-state index contributed by atoms with van der Waals surface area (Å²) < 4.78 is 50.1. The van der Waals surface area contributed by atoms with E-state index in [2.05, 4.69) is 0 Å². The van der Waals surface area contributed by atoms with E-state index in [1.807, 2.05) is 6.07 Å². The SMILES string of the molecule is NS(=O)(=O)c1ccc2c(c1)C(=O)c1c-2cc(C2CCCCC2)c(S(N)(=O)=O)c1C1CCCCC1. The van der Waals surface area contributed by atoms with Crippen LogP contribution in [0.15, 0.2) is 34.1 Å². The number of hydrogen-bond donors (Lipinski definition) is 2. The number of fused-ring (bicyclic) bond motifs is 3. The van der Waals surface area contributed by atoms with Crippen LogP contribution in [0, 0.1) is 0 Å². The molecule has 0 bridgehead atoms. The number of carbonyl (C=O) groups excluding carboxylic acids is 1. The lowest BCUT2D eigenvalue weighted by atomic mass is 9.77. The predicted octanol–water partition coefficient (Wildman–Crippen LogP) is 4.29. The fraction of sp³-hybridized carbons (Fsp3) is 0.480. The van der Waals surface area contributed by atoms with Crippen LogP contribution in [-0.2, 0) is 20.0 Å². The fourth-order valence-corrected chi connectivity index (χ4v) is 7.91. The van der Waals surface area contributed by atoms with Gasteiger partial charge in [-0.2, -0.15) is 0 Å². The van der Waals surface area contributed by atoms with Gasteiger partial charge in [-0.25, -0.2) is 27.1 Å². The number of hydrogen-bond acceptors (Lipinski definition) is 5. The average Bonchev–Trinajstić information content (AvgIpc) is 3.09. The summed E-state index contributed by atoms with van der Waals surface area (Å²) in [5.41, 5.74) is 3.21. The topological polar surface area (TPSA) is 137 Å². The molecule has 3 aliphatic carbocycles. The van der Waals surface area contributed by atoms with Crippen molar-refractivity contribution in [3.63, 3.8) is 0 Å². The standard InChI is InChI=1S/C25H30N2O5S2/c26-33(29,30)17-11-12-18-20-14-19(15-7-3-1-4-8-15)25(34(27,31)32)22(16-9-5-2-6-10-16)23(20)24(28)21(18)13-17/h11-16H,1-10H2,(H2,26,29,30)(H2,27,31,32). The van der Waals surface area contributed by atoms with Gasteiger partial charge >= 0.3 is 0 Å². The molecule has 0 spiro atoms. The van der Waals surface area contributed by atoms with Gasteiger partial charge in [0.2, 0.25) is 20.0 Å². The van der Waals surface area contributed by atoms with Crippen molar-refractivity contribution in [1.29, 1.82) is 0 Å². The van der Waals surface area contributed by atoms with Crippen LogP contribution < -0.4 is 10.3 Å². The van der Waals surface area contributed by atoms with Gasteiger partial charge in [-0.1, -0.05) is 44.6 Å². The first-order valence-corrected chi connectivity index (χ1v) is 15.1. The Morgan fingerprint density at radius 2 is 1.26 bits per heavy atom. The summed E-state index contributed by atoms with van der Waals surface area (Å²) in [4.78, 5) is 13.7. The van der Waals surface area contributed by atoms with Gasteiger partial charge in [-0.3, -0.25) is 4.79 Å². The smallest absolute Gasteiger partial charge is 0.238 e. The second-order valence-electron chi connectivity index (χ2n) is 9.93. The maximum atomic E-state index is 13.7. The van der Waals surface area contributed by atoms with Gasteiger partial charge in [0.15, 0.2) is 5.78 Å². The first kappa shape index (κ1) is 23.7. The molecule has 0 atom stereocenters. The number of nitrogens with two attached hydrogens (primary N) is 2. The second kappa shape index (κ2) is 8.55. The minimum atomic E-state index is -4.09. The first-order chi connectivity index (χ1) is 16.1. The minimum absolute atomic E-state index is 0.0672. The van der Waals surface area contributed by atoms with Crippen molar-refractivity contribution in [2.45, 2.75) is 85.8 Å². The quantitative estimate of drug-likeness (QED) is 0.548. The second-order valence-corrected chi connectivity index (χ2v) is 13.0. The summed E-state index contributed by atoms with van der Waals surface area (Å²) >= 11 is 0. The molecule has 182 valence electrons. The molecule has 0 heterocycles. The van der Waals surface area contributed by atoms with Crippen molar-refractivity contribution in [2.24, 2.45) is 10.3 Å². The Balaban J connectivity index is 1.83. The van der Waals surface area contributed by atoms with Crippen LogP contribution in [0.2, 0.25) is 0 Å². The third-order valence-corrected chi connectivity index (χ3v) is 9.71. The lowest BCUT2D eigenvalue weighted by Gasteiger charge is -2.30. The molecule has 0 amide bonds. The van der Waals surface area contributed by atoms with Gasteiger partial charge in [-0.05, 0) is 78.0 Å². The monoisotopic (exact) mass is 502 g/mol. The van der Waals surface area contributed by atoms with E-state index >= 15 is 0 Å². The first-order valence-electron chi connectivity index (χ1n) is 12.0. The number of sulfonamides is 2. The van der Waals surface area contributed by atoms with E-state index in [-0.39, 0.29) is 33.0 Å². The predicted molar refractivity (Wildman–Crippen MR) is 130 cm³/mol. The number of carbonyl (C=O) groups is 1. The zero-order chi connectivity index (χ0) is 24.3. The molecule has 0 aliphatic heterocycles. The maximum absolute atomic E-state index is 13.7. The van der Waals surface area contributed by atoms with Gasteiger partial charge < -0.3 is 0 Å². The van der Waals surface area contributed by atoms with Crippen LogP contribution >= 0.6 is 0 Å². The van der Waals surface area contributed by atoms with E-state index in [0.29, 0.717) is 22.3 Å². The normalized spacial score (nSPS) is 19.8. The van der Waals surface area contributed by atoms with Crippen LogP contribution in [0.3, 0.4) is 0 Å². The molecule has 4 N–H and O–H groups in total. The number of primary sulfonamides is 2. The Morgan fingerprint density at radius 3 is 1.82 bits per heavy atom. The Morgan fingerprint density at radius 1 is 0.676 bits per heavy atom. The van der Waals surface area contributed by atoms with Crippen molar-refractivity contribution in [3.8, 4) is 11.1 Å². The highest BCUT2D eigenvalue weighted by Crippen LogP contribution is 2.50. The van der Waals surface area contributed by atoms with Crippen molar-refractivity contribution in [2.75, 3.05) is 0 Å². The molecule has 2 saturated carbocycles. The van der Waals surface area contributed by atoms with Gasteiger partial charge in [0.25, 0.3) is 0 Å². The molecule has 0 saturated heterocycles. The van der Waals surface area contributed by atoms with Crippen molar-refractivity contribution in [1.82, 2.24) is 0 Å². The summed E-state index contributed by atoms with van der Waals surface area (Å²) in [6, 6.07) is 6.18. The van der Waals surface area contributed by atoms with Gasteiger partial charge in [0, 0.05) is 11.1 Å². The van der Waals surface area contributed by atoms with E-state index in [1.54, 1.807) is 6.07 Å². The maximum Gasteiger partial charge on any atom is 0.238 e. The Bertz CT molecular complexity index is 1380.